The smallest absolute Gasteiger partial charge is 0.0159 e. The van der Waals surface area contributed by atoms with E-state index in [0.29, 0.717) is 0 Å². The topological polar surface area (TPSA) is 0 Å². The lowest BCUT2D eigenvalue weighted by Crippen LogP contribution is -2.16. The minimum atomic E-state index is -0.0418. The van der Waals surface area contributed by atoms with Gasteiger partial charge in [-0.15, -0.1) is 0 Å². The summed E-state index contributed by atoms with van der Waals surface area (Å²) >= 11 is 0. The molecule has 0 unspecified atom stereocenters. The Kier molecular flexibility index (Phi) is 5.87. The highest BCUT2D eigenvalue weighted by Crippen LogP contribution is 2.52. The second-order valence-corrected chi connectivity index (χ2v) is 15.8. The summed E-state index contributed by atoms with van der Waals surface area (Å²) < 4.78 is 0. The molecule has 0 nitrogen and oxygen atoms in total. The van der Waals surface area contributed by atoms with Gasteiger partial charge in [-0.3, -0.25) is 0 Å². The van der Waals surface area contributed by atoms with Gasteiger partial charge in [0.05, 0.1) is 0 Å². The highest BCUT2D eigenvalue weighted by molar-refractivity contribution is 5.83. The van der Waals surface area contributed by atoms with Crippen molar-refractivity contribution in [1.82, 2.24) is 0 Å². The predicted molar refractivity (Wildman–Crippen MR) is 198 cm³/mol. The van der Waals surface area contributed by atoms with E-state index in [2.05, 4.69) is 163 Å². The first-order valence-electron chi connectivity index (χ1n) is 17.3. The van der Waals surface area contributed by atoms with Crippen LogP contribution >= 0.6 is 0 Å². The van der Waals surface area contributed by atoms with Crippen molar-refractivity contribution in [3.63, 3.8) is 0 Å². The van der Waals surface area contributed by atoms with Gasteiger partial charge in [-0.25, -0.2) is 0 Å². The maximum absolute atomic E-state index is 2.49. The van der Waals surface area contributed by atoms with Gasteiger partial charge in [-0.2, -0.15) is 0 Å². The number of rotatable bonds is 4. The zero-order valence-corrected chi connectivity index (χ0v) is 28.5. The van der Waals surface area contributed by atoms with E-state index < -0.39 is 0 Å². The van der Waals surface area contributed by atoms with Gasteiger partial charge in [-0.1, -0.05) is 163 Å². The minimum absolute atomic E-state index is 0.0300. The third kappa shape index (κ3) is 4.07. The Morgan fingerprint density at radius 2 is 0.553 bits per heavy atom. The largest absolute Gasteiger partial charge is 0.0619 e. The van der Waals surface area contributed by atoms with Crippen LogP contribution in [0.4, 0.5) is 0 Å². The Hall–Kier alpha value is -4.68. The Bertz CT molecular complexity index is 2110. The summed E-state index contributed by atoms with van der Waals surface area (Å²) in [5, 5.41) is 0. The number of fused-ring (bicyclic) bond motifs is 9. The Morgan fingerprint density at radius 3 is 0.872 bits per heavy atom. The maximum atomic E-state index is 2.49. The predicted octanol–water partition coefficient (Wildman–Crippen LogP) is 11.8. The number of hydrogen-bond acceptors (Lipinski definition) is 0. The molecule has 6 aromatic rings. The molecule has 3 aliphatic rings. The van der Waals surface area contributed by atoms with E-state index in [9.17, 15) is 0 Å². The van der Waals surface area contributed by atoms with Crippen molar-refractivity contribution in [2.45, 2.75) is 70.6 Å². The molecule has 9 rings (SSSR count). The second kappa shape index (κ2) is 9.68. The first kappa shape index (κ1) is 28.5. The van der Waals surface area contributed by atoms with Crippen molar-refractivity contribution in [3.8, 4) is 33.4 Å². The molecular formula is C47H42. The first-order valence-corrected chi connectivity index (χ1v) is 17.3. The van der Waals surface area contributed by atoms with Gasteiger partial charge in [0.15, 0.2) is 0 Å². The molecule has 0 saturated carbocycles. The molecule has 0 heterocycles. The van der Waals surface area contributed by atoms with Gasteiger partial charge < -0.3 is 0 Å². The quantitative estimate of drug-likeness (QED) is 0.187. The molecule has 3 aliphatic carbocycles. The van der Waals surface area contributed by atoms with Crippen molar-refractivity contribution >= 4 is 0 Å². The molecule has 0 bridgehead atoms. The van der Waals surface area contributed by atoms with Crippen molar-refractivity contribution < 1.29 is 0 Å². The molecule has 0 N–H and O–H groups in total. The van der Waals surface area contributed by atoms with E-state index in [1.54, 1.807) is 0 Å². The van der Waals surface area contributed by atoms with Crippen molar-refractivity contribution in [1.29, 1.82) is 0 Å². The standard InChI is InChI=1S/C47H42/c1-45(2)39-13-9-7-11-33(39)35-19-15-29(25-41(35)45)23-31-17-21-37-38-22-18-32(28-44(38)47(5,6)43(37)27-31)24-30-16-20-36-34-12-8-10-14-40(34)46(3,4)42(36)26-30/h7-22,25-28H,23-24H2,1-6H3. The third-order valence-corrected chi connectivity index (χ3v) is 11.9. The Morgan fingerprint density at radius 1 is 0.298 bits per heavy atom. The molecular weight excluding hydrogens is 565 g/mol. The highest BCUT2D eigenvalue weighted by atomic mass is 14.4. The molecule has 0 fully saturated rings. The lowest BCUT2D eigenvalue weighted by molar-refractivity contribution is 0.657. The summed E-state index contributed by atoms with van der Waals surface area (Å²) in [6, 6.07) is 46.6. The summed E-state index contributed by atoms with van der Waals surface area (Å²) in [7, 11) is 0. The van der Waals surface area contributed by atoms with Crippen LogP contribution in [0.5, 0.6) is 0 Å². The van der Waals surface area contributed by atoms with Crippen LogP contribution in [0.25, 0.3) is 33.4 Å². The number of benzene rings is 6. The van der Waals surface area contributed by atoms with Crippen LogP contribution in [0.3, 0.4) is 0 Å². The lowest BCUT2D eigenvalue weighted by atomic mass is 9.80. The molecule has 0 saturated heterocycles. The molecule has 0 heteroatoms. The molecule has 6 aromatic carbocycles. The molecule has 0 aromatic heterocycles. The number of hydrogen-bond donors (Lipinski definition) is 0. The van der Waals surface area contributed by atoms with E-state index in [1.807, 2.05) is 0 Å². The normalized spacial score (nSPS) is 16.6. The summed E-state index contributed by atoms with van der Waals surface area (Å²) in [4.78, 5) is 0. The van der Waals surface area contributed by atoms with E-state index >= 15 is 0 Å². The average molecular weight is 607 g/mol. The Labute approximate surface area is 280 Å². The molecule has 230 valence electrons. The Balaban J connectivity index is 0.997. The average Bonchev–Trinajstić information content (AvgIpc) is 3.54. The summed E-state index contributed by atoms with van der Waals surface area (Å²) in [6.45, 7) is 14.3. The van der Waals surface area contributed by atoms with Gasteiger partial charge >= 0.3 is 0 Å². The van der Waals surface area contributed by atoms with Crippen LogP contribution in [-0.4, -0.2) is 0 Å². The van der Waals surface area contributed by atoms with Crippen molar-refractivity contribution in [2.24, 2.45) is 0 Å². The highest BCUT2D eigenvalue weighted by Gasteiger charge is 2.38. The van der Waals surface area contributed by atoms with Crippen molar-refractivity contribution in [3.05, 3.63) is 177 Å². The SMILES string of the molecule is CC1(C)c2ccccc2-c2ccc(Cc3ccc4c(c3)C(C)(C)c3cc(Cc5ccc6c(c5)C(C)(C)c5ccccc5-6)ccc3-4)cc21. The molecule has 0 amide bonds. The molecule has 0 radical (unpaired) electrons. The zero-order chi connectivity index (χ0) is 32.3. The fourth-order valence-electron chi connectivity index (χ4n) is 9.25. The monoisotopic (exact) mass is 606 g/mol. The van der Waals surface area contributed by atoms with E-state index in [1.165, 1.54) is 89.0 Å². The minimum Gasteiger partial charge on any atom is -0.0619 e. The van der Waals surface area contributed by atoms with Crippen LogP contribution in [0.1, 0.15) is 97.2 Å². The van der Waals surface area contributed by atoms with Gasteiger partial charge in [0.2, 0.25) is 0 Å². The lowest BCUT2D eigenvalue weighted by Gasteiger charge is -2.23. The van der Waals surface area contributed by atoms with Gasteiger partial charge in [0.1, 0.15) is 0 Å². The fraction of sp³-hybridized carbons (Fsp3) is 0.234. The molecule has 47 heavy (non-hydrogen) atoms. The van der Waals surface area contributed by atoms with Gasteiger partial charge in [0.25, 0.3) is 0 Å². The van der Waals surface area contributed by atoms with Crippen LogP contribution in [-0.2, 0) is 29.1 Å². The summed E-state index contributed by atoms with van der Waals surface area (Å²) in [5.74, 6) is 0. The summed E-state index contributed by atoms with van der Waals surface area (Å²) in [6.07, 6.45) is 1.90. The van der Waals surface area contributed by atoms with E-state index in [0.717, 1.165) is 12.8 Å². The van der Waals surface area contributed by atoms with Crippen LogP contribution < -0.4 is 0 Å². The third-order valence-electron chi connectivity index (χ3n) is 11.9. The van der Waals surface area contributed by atoms with E-state index in [4.69, 9.17) is 0 Å². The second-order valence-electron chi connectivity index (χ2n) is 15.8. The molecule has 0 spiro atoms. The maximum Gasteiger partial charge on any atom is 0.0159 e. The van der Waals surface area contributed by atoms with Gasteiger partial charge in [0, 0.05) is 16.2 Å². The van der Waals surface area contributed by atoms with Crippen LogP contribution in [0, 0.1) is 0 Å². The molecule has 0 aliphatic heterocycles. The first-order chi connectivity index (χ1) is 22.5. The fourth-order valence-corrected chi connectivity index (χ4v) is 9.25. The van der Waals surface area contributed by atoms with Crippen molar-refractivity contribution in [2.75, 3.05) is 0 Å². The zero-order valence-electron chi connectivity index (χ0n) is 28.5. The van der Waals surface area contributed by atoms with E-state index in [-0.39, 0.29) is 16.2 Å². The molecule has 0 atom stereocenters. The van der Waals surface area contributed by atoms with Crippen LogP contribution in [0.2, 0.25) is 0 Å². The summed E-state index contributed by atoms with van der Waals surface area (Å²) in [5.41, 5.74) is 22.6. The van der Waals surface area contributed by atoms with Crippen LogP contribution in [0.15, 0.2) is 121 Å². The van der Waals surface area contributed by atoms with Gasteiger partial charge in [-0.05, 0) is 102 Å².